The third-order valence-corrected chi connectivity index (χ3v) is 2.46. The quantitative estimate of drug-likeness (QED) is 0.585. The molecule has 0 radical (unpaired) electrons. The number of hydrogen-bond donors (Lipinski definition) is 1. The van der Waals surface area contributed by atoms with E-state index in [4.69, 9.17) is 4.74 Å². The lowest BCUT2D eigenvalue weighted by Crippen LogP contribution is -2.05. The zero-order valence-electron chi connectivity index (χ0n) is 7.89. The van der Waals surface area contributed by atoms with Crippen LogP contribution in [-0.2, 0) is 0 Å². The molecule has 0 saturated heterocycles. The van der Waals surface area contributed by atoms with Gasteiger partial charge in [0.25, 0.3) is 0 Å². The topological polar surface area (TPSA) is 21.3 Å². The van der Waals surface area contributed by atoms with Crippen LogP contribution in [0.3, 0.4) is 0 Å². The summed E-state index contributed by atoms with van der Waals surface area (Å²) in [6.45, 7) is 0.940. The Balaban J connectivity index is 2.46. The molecule has 0 atom stereocenters. The predicted octanol–water partition coefficient (Wildman–Crippen LogP) is 1.72. The van der Waals surface area contributed by atoms with E-state index >= 15 is 0 Å². The largest absolute Gasteiger partial charge is 0.487 e. The number of ether oxygens (including phenoxy) is 1. The summed E-state index contributed by atoms with van der Waals surface area (Å²) in [7, 11) is 3.60. The lowest BCUT2D eigenvalue weighted by molar-refractivity contribution is 0.427. The Bertz CT molecular complexity index is 308. The lowest BCUT2D eigenvalue weighted by Gasteiger charge is -1.88. The van der Waals surface area contributed by atoms with E-state index in [1.807, 2.05) is 19.2 Å². The van der Waals surface area contributed by atoms with E-state index in [9.17, 15) is 0 Å². The number of methoxy groups -OCH3 is 1. The van der Waals surface area contributed by atoms with Crippen LogP contribution in [0.5, 0.6) is 5.06 Å². The van der Waals surface area contributed by atoms with Gasteiger partial charge in [-0.2, -0.15) is 0 Å². The second-order valence-electron chi connectivity index (χ2n) is 2.48. The summed E-state index contributed by atoms with van der Waals surface area (Å²) >= 11 is 1.57. The molecule has 0 fully saturated rings. The van der Waals surface area contributed by atoms with E-state index < -0.39 is 0 Å². The van der Waals surface area contributed by atoms with Gasteiger partial charge < -0.3 is 10.1 Å². The number of nitrogens with one attached hydrogen (secondary N) is 1. The third kappa shape index (κ3) is 3.49. The summed E-state index contributed by atoms with van der Waals surface area (Å²) in [6.07, 6.45) is 0.886. The molecular weight excluding hydrogens is 182 g/mol. The highest BCUT2D eigenvalue weighted by Gasteiger charge is 1.94. The first kappa shape index (κ1) is 10.1. The summed E-state index contributed by atoms with van der Waals surface area (Å²) in [6, 6.07) is 3.92. The van der Waals surface area contributed by atoms with Crippen molar-refractivity contribution in [3.05, 3.63) is 17.0 Å². The SMILES string of the molecule is CNCCC#Cc1ccc(OC)s1. The molecule has 3 heteroatoms. The van der Waals surface area contributed by atoms with Gasteiger partial charge in [-0.15, -0.1) is 0 Å². The van der Waals surface area contributed by atoms with Crippen molar-refractivity contribution >= 4 is 11.3 Å². The Hall–Kier alpha value is -0.980. The van der Waals surface area contributed by atoms with Crippen molar-refractivity contribution in [1.82, 2.24) is 5.32 Å². The summed E-state index contributed by atoms with van der Waals surface area (Å²) in [4.78, 5) is 1.06. The number of hydrogen-bond acceptors (Lipinski definition) is 3. The van der Waals surface area contributed by atoms with E-state index in [0.717, 1.165) is 22.9 Å². The monoisotopic (exact) mass is 195 g/mol. The number of thiophene rings is 1. The average molecular weight is 195 g/mol. The van der Waals surface area contributed by atoms with Crippen LogP contribution in [0.2, 0.25) is 0 Å². The highest BCUT2D eigenvalue weighted by molar-refractivity contribution is 7.14. The molecular formula is C10H13NOS. The van der Waals surface area contributed by atoms with Gasteiger partial charge in [0, 0.05) is 13.0 Å². The van der Waals surface area contributed by atoms with Crippen molar-refractivity contribution in [3.63, 3.8) is 0 Å². The third-order valence-electron chi connectivity index (χ3n) is 1.49. The van der Waals surface area contributed by atoms with Gasteiger partial charge in [-0.25, -0.2) is 0 Å². The highest BCUT2D eigenvalue weighted by Crippen LogP contribution is 2.22. The van der Waals surface area contributed by atoms with Gasteiger partial charge in [-0.3, -0.25) is 0 Å². The van der Waals surface area contributed by atoms with E-state index in [1.165, 1.54) is 0 Å². The molecule has 2 nitrogen and oxygen atoms in total. The van der Waals surface area contributed by atoms with Crippen molar-refractivity contribution in [1.29, 1.82) is 0 Å². The average Bonchev–Trinajstić information content (AvgIpc) is 2.60. The van der Waals surface area contributed by atoms with Gasteiger partial charge in [0.05, 0.1) is 12.0 Å². The normalized spacial score (nSPS) is 9.08. The molecule has 1 heterocycles. The molecule has 70 valence electrons. The van der Waals surface area contributed by atoms with E-state index in [1.54, 1.807) is 18.4 Å². The van der Waals surface area contributed by atoms with Crippen LogP contribution in [0.1, 0.15) is 11.3 Å². The van der Waals surface area contributed by atoms with Gasteiger partial charge in [0.1, 0.15) is 0 Å². The van der Waals surface area contributed by atoms with Crippen molar-refractivity contribution in [2.45, 2.75) is 6.42 Å². The smallest absolute Gasteiger partial charge is 0.174 e. The summed E-state index contributed by atoms with van der Waals surface area (Å²) in [5, 5.41) is 3.96. The summed E-state index contributed by atoms with van der Waals surface area (Å²) < 4.78 is 5.06. The fraction of sp³-hybridized carbons (Fsp3) is 0.400. The van der Waals surface area contributed by atoms with Gasteiger partial charge in [0.15, 0.2) is 5.06 Å². The molecule has 0 aliphatic rings. The van der Waals surface area contributed by atoms with Crippen LogP contribution in [0.4, 0.5) is 0 Å². The first-order valence-corrected chi connectivity index (χ1v) is 4.95. The molecule has 0 bridgehead atoms. The maximum Gasteiger partial charge on any atom is 0.174 e. The van der Waals surface area contributed by atoms with Crippen molar-refractivity contribution in [2.75, 3.05) is 20.7 Å². The van der Waals surface area contributed by atoms with Crippen LogP contribution in [0.15, 0.2) is 12.1 Å². The van der Waals surface area contributed by atoms with Gasteiger partial charge in [-0.1, -0.05) is 23.2 Å². The molecule has 1 aromatic heterocycles. The Kier molecular flexibility index (Phi) is 4.37. The Morgan fingerprint density at radius 3 is 3.00 bits per heavy atom. The molecule has 0 unspecified atom stereocenters. The second kappa shape index (κ2) is 5.63. The minimum absolute atomic E-state index is 0.886. The molecule has 13 heavy (non-hydrogen) atoms. The molecule has 1 aromatic rings. The summed E-state index contributed by atoms with van der Waals surface area (Å²) in [5.41, 5.74) is 0. The molecule has 0 aromatic carbocycles. The van der Waals surface area contributed by atoms with Crippen LogP contribution < -0.4 is 10.1 Å². The van der Waals surface area contributed by atoms with Gasteiger partial charge in [-0.05, 0) is 19.2 Å². The first-order chi connectivity index (χ1) is 6.36. The molecule has 0 saturated carbocycles. The van der Waals surface area contributed by atoms with Crippen molar-refractivity contribution < 1.29 is 4.74 Å². The molecule has 1 N–H and O–H groups in total. The maximum atomic E-state index is 5.06. The van der Waals surface area contributed by atoms with Gasteiger partial charge in [0.2, 0.25) is 0 Å². The fourth-order valence-electron chi connectivity index (χ4n) is 0.834. The Morgan fingerprint density at radius 2 is 2.38 bits per heavy atom. The molecule has 0 aliphatic carbocycles. The first-order valence-electron chi connectivity index (χ1n) is 4.14. The molecule has 1 rings (SSSR count). The van der Waals surface area contributed by atoms with E-state index in [-0.39, 0.29) is 0 Å². The van der Waals surface area contributed by atoms with Crippen LogP contribution >= 0.6 is 11.3 Å². The van der Waals surface area contributed by atoms with E-state index in [2.05, 4.69) is 17.2 Å². The molecule has 0 spiro atoms. The lowest BCUT2D eigenvalue weighted by atomic mass is 10.4. The molecule has 0 amide bonds. The zero-order chi connectivity index (χ0) is 9.52. The standard InChI is InChI=1S/C10H13NOS/c1-11-8-4-3-5-9-6-7-10(12-2)13-9/h6-7,11H,4,8H2,1-2H3. The van der Waals surface area contributed by atoms with Crippen LogP contribution in [0, 0.1) is 11.8 Å². The Labute approximate surface area is 82.9 Å². The minimum atomic E-state index is 0.886. The Morgan fingerprint density at radius 1 is 1.54 bits per heavy atom. The highest BCUT2D eigenvalue weighted by atomic mass is 32.1. The van der Waals surface area contributed by atoms with Crippen LogP contribution in [0.25, 0.3) is 0 Å². The second-order valence-corrected chi connectivity index (χ2v) is 3.52. The summed E-state index contributed by atoms with van der Waals surface area (Å²) in [5.74, 6) is 6.17. The van der Waals surface area contributed by atoms with Crippen LogP contribution in [-0.4, -0.2) is 20.7 Å². The maximum absolute atomic E-state index is 5.06. The predicted molar refractivity (Wildman–Crippen MR) is 56.3 cm³/mol. The molecule has 0 aliphatic heterocycles. The minimum Gasteiger partial charge on any atom is -0.487 e. The zero-order valence-corrected chi connectivity index (χ0v) is 8.70. The van der Waals surface area contributed by atoms with E-state index in [0.29, 0.717) is 0 Å². The van der Waals surface area contributed by atoms with Gasteiger partial charge >= 0.3 is 0 Å². The number of rotatable bonds is 3. The fourth-order valence-corrected chi connectivity index (χ4v) is 1.53. The van der Waals surface area contributed by atoms with Crippen molar-refractivity contribution in [3.8, 4) is 16.9 Å². The van der Waals surface area contributed by atoms with Crippen molar-refractivity contribution in [2.24, 2.45) is 0 Å².